The zero-order valence-corrected chi connectivity index (χ0v) is 29.1. The molecule has 0 aliphatic carbocycles. The summed E-state index contributed by atoms with van der Waals surface area (Å²) in [6, 6.07) is 9.27. The number of hydrogen-bond donors (Lipinski definition) is 3. The molecule has 3 N–H and O–H groups in total. The molecule has 1 fully saturated rings. The molecule has 14 heteroatoms. The van der Waals surface area contributed by atoms with Gasteiger partial charge in [-0.3, -0.25) is 19.2 Å². The van der Waals surface area contributed by atoms with E-state index in [4.69, 9.17) is 9.47 Å². The van der Waals surface area contributed by atoms with E-state index in [1.54, 1.807) is 20.8 Å². The van der Waals surface area contributed by atoms with E-state index in [0.29, 0.717) is 12.8 Å². The number of para-hydroxylation sites is 1. The number of halogens is 1. The first kappa shape index (κ1) is 36.1. The molecule has 268 valence electrons. The highest BCUT2D eigenvalue weighted by Gasteiger charge is 2.38. The molecular formula is C36H45FN6O7. The number of alkyl carbamates (subject to hydrolysis) is 1. The molecule has 0 unspecified atom stereocenters. The molecule has 2 aliphatic rings. The number of ether oxygens (including phenoxy) is 2. The molecule has 2 aliphatic heterocycles. The fourth-order valence-corrected chi connectivity index (χ4v) is 6.38. The molecule has 0 radical (unpaired) electrons. The molecule has 13 nitrogen and oxygen atoms in total. The van der Waals surface area contributed by atoms with E-state index in [1.807, 2.05) is 30.5 Å². The Bertz CT molecular complexity index is 1750. The maximum absolute atomic E-state index is 14.6. The second-order valence-corrected chi connectivity index (χ2v) is 13.9. The van der Waals surface area contributed by atoms with Gasteiger partial charge in [-0.05, 0) is 69.9 Å². The fraction of sp³-hybridized carbons (Fsp3) is 0.472. The number of hydrogen-bond acceptors (Lipinski definition) is 7. The Morgan fingerprint density at radius 2 is 1.84 bits per heavy atom. The molecule has 2 aromatic carbocycles. The minimum Gasteiger partial charge on any atom is -0.491 e. The van der Waals surface area contributed by atoms with Crippen molar-refractivity contribution in [2.75, 3.05) is 40.3 Å². The first-order valence-corrected chi connectivity index (χ1v) is 16.8. The van der Waals surface area contributed by atoms with Crippen molar-refractivity contribution in [3.8, 4) is 5.75 Å². The molecule has 5 amide bonds. The van der Waals surface area contributed by atoms with Gasteiger partial charge in [0.05, 0.1) is 24.2 Å². The van der Waals surface area contributed by atoms with Crippen molar-refractivity contribution in [3.63, 3.8) is 0 Å². The number of amides is 5. The van der Waals surface area contributed by atoms with E-state index in [1.165, 1.54) is 34.9 Å². The van der Waals surface area contributed by atoms with Gasteiger partial charge in [0, 0.05) is 50.7 Å². The van der Waals surface area contributed by atoms with Gasteiger partial charge >= 0.3 is 6.09 Å². The number of fused-ring (bicyclic) bond motifs is 3. The van der Waals surface area contributed by atoms with E-state index in [0.717, 1.165) is 28.6 Å². The molecule has 1 saturated heterocycles. The average molecular weight is 693 g/mol. The summed E-state index contributed by atoms with van der Waals surface area (Å²) in [7, 11) is 2.93. The van der Waals surface area contributed by atoms with Crippen LogP contribution >= 0.6 is 0 Å². The minimum absolute atomic E-state index is 0.0434. The van der Waals surface area contributed by atoms with Crippen molar-refractivity contribution in [3.05, 3.63) is 65.6 Å². The summed E-state index contributed by atoms with van der Waals surface area (Å²) < 4.78 is 26.1. The molecule has 0 saturated carbocycles. The normalized spacial score (nSPS) is 20.8. The average Bonchev–Trinajstić information content (AvgIpc) is 3.66. The Morgan fingerprint density at radius 3 is 2.60 bits per heavy atom. The van der Waals surface area contributed by atoms with Crippen molar-refractivity contribution in [2.45, 2.75) is 70.2 Å². The Morgan fingerprint density at radius 1 is 1.08 bits per heavy atom. The third-order valence-corrected chi connectivity index (χ3v) is 8.95. The number of aromatic amines is 1. The van der Waals surface area contributed by atoms with Gasteiger partial charge in [-0.2, -0.15) is 0 Å². The van der Waals surface area contributed by atoms with Gasteiger partial charge in [-0.25, -0.2) is 9.18 Å². The maximum atomic E-state index is 14.6. The molecule has 0 spiro atoms. The standard InChI is InChI=1S/C36H45FN6O7/c1-36(2,3)50-35(48)40-24-17-25-21-49-30-12-10-23(37)16-27(30)34(47)42(5)29(11-13-31(44)41(4)20-32(45)43(25)19-24)33(46)38-15-14-22-18-39-28-9-7-6-8-26(22)28/h6-10,12,16,18,24-25,29,39H,11,13-15,17,19-21H2,1-5H3,(H,38,46)(H,40,48)/t24-,25-,29-/m0/s1. The first-order valence-electron chi connectivity index (χ1n) is 16.8. The summed E-state index contributed by atoms with van der Waals surface area (Å²) in [6.45, 7) is 5.33. The first-order chi connectivity index (χ1) is 23.7. The molecule has 1 aromatic heterocycles. The van der Waals surface area contributed by atoms with Crippen LogP contribution in [0.15, 0.2) is 48.7 Å². The predicted octanol–water partition coefficient (Wildman–Crippen LogP) is 3.23. The zero-order chi connectivity index (χ0) is 36.2. The Balaban J connectivity index is 1.36. The Labute approximate surface area is 290 Å². The van der Waals surface area contributed by atoms with Gasteiger partial charge in [-0.15, -0.1) is 0 Å². The van der Waals surface area contributed by atoms with Gasteiger partial charge in [0.2, 0.25) is 17.7 Å². The summed E-state index contributed by atoms with van der Waals surface area (Å²) in [6.07, 6.45) is 1.92. The van der Waals surface area contributed by atoms with Crippen molar-refractivity contribution >= 4 is 40.6 Å². The predicted molar refractivity (Wildman–Crippen MR) is 183 cm³/mol. The number of nitrogens with one attached hydrogen (secondary N) is 3. The van der Waals surface area contributed by atoms with Gasteiger partial charge < -0.3 is 39.8 Å². The topological polar surface area (TPSA) is 153 Å². The lowest BCUT2D eigenvalue weighted by Gasteiger charge is -2.28. The van der Waals surface area contributed by atoms with Gasteiger partial charge in [0.15, 0.2) is 0 Å². The largest absolute Gasteiger partial charge is 0.491 e. The van der Waals surface area contributed by atoms with Crippen LogP contribution in [0.25, 0.3) is 10.9 Å². The van der Waals surface area contributed by atoms with Crippen LogP contribution in [0, 0.1) is 5.82 Å². The number of carbonyl (C=O) groups is 5. The van der Waals surface area contributed by atoms with E-state index >= 15 is 0 Å². The van der Waals surface area contributed by atoms with Crippen LogP contribution in [0.2, 0.25) is 0 Å². The smallest absolute Gasteiger partial charge is 0.407 e. The highest BCUT2D eigenvalue weighted by atomic mass is 19.1. The molecule has 5 rings (SSSR count). The van der Waals surface area contributed by atoms with Crippen molar-refractivity contribution in [1.29, 1.82) is 0 Å². The molecule has 3 heterocycles. The fourth-order valence-electron chi connectivity index (χ4n) is 6.38. The minimum atomic E-state index is -1.08. The van der Waals surface area contributed by atoms with Crippen molar-refractivity contribution in [1.82, 2.24) is 30.3 Å². The maximum Gasteiger partial charge on any atom is 0.407 e. The van der Waals surface area contributed by atoms with Crippen LogP contribution in [-0.2, 0) is 25.5 Å². The van der Waals surface area contributed by atoms with E-state index < -0.39 is 53.4 Å². The number of rotatable bonds is 5. The number of aromatic nitrogens is 1. The Hall–Kier alpha value is -5.14. The van der Waals surface area contributed by atoms with Crippen LogP contribution in [0.1, 0.15) is 56.0 Å². The van der Waals surface area contributed by atoms with Gasteiger partial charge in [0.1, 0.15) is 29.8 Å². The number of H-pyrrole nitrogens is 1. The van der Waals surface area contributed by atoms with Gasteiger partial charge in [0.25, 0.3) is 5.91 Å². The van der Waals surface area contributed by atoms with Gasteiger partial charge in [-0.1, -0.05) is 18.2 Å². The van der Waals surface area contributed by atoms with Crippen LogP contribution in [-0.4, -0.2) is 113 Å². The van der Waals surface area contributed by atoms with E-state index in [-0.39, 0.29) is 56.3 Å². The quantitative estimate of drug-likeness (QED) is 0.371. The van der Waals surface area contributed by atoms with Crippen LogP contribution < -0.4 is 15.4 Å². The molecule has 0 bridgehead atoms. The van der Waals surface area contributed by atoms with Crippen molar-refractivity contribution in [2.24, 2.45) is 0 Å². The number of carbonyl (C=O) groups excluding carboxylic acids is 5. The van der Waals surface area contributed by atoms with Crippen LogP contribution in [0.4, 0.5) is 9.18 Å². The number of likely N-dealkylation sites (N-methyl/N-ethyl adjacent to an activating group) is 2. The van der Waals surface area contributed by atoms with E-state index in [9.17, 15) is 28.4 Å². The second-order valence-electron chi connectivity index (χ2n) is 13.9. The summed E-state index contributed by atoms with van der Waals surface area (Å²) >= 11 is 0. The van der Waals surface area contributed by atoms with E-state index in [2.05, 4.69) is 15.6 Å². The second kappa shape index (κ2) is 15.2. The number of benzene rings is 2. The highest BCUT2D eigenvalue weighted by molar-refractivity contribution is 5.99. The van der Waals surface area contributed by atoms with Crippen LogP contribution in [0.3, 0.4) is 0 Å². The monoisotopic (exact) mass is 692 g/mol. The number of nitrogens with zero attached hydrogens (tertiary/aromatic N) is 3. The molecule has 50 heavy (non-hydrogen) atoms. The lowest BCUT2D eigenvalue weighted by atomic mass is 10.1. The third kappa shape index (κ3) is 8.71. The summed E-state index contributed by atoms with van der Waals surface area (Å²) in [4.78, 5) is 74.2. The van der Waals surface area contributed by atoms with Crippen LogP contribution in [0.5, 0.6) is 5.75 Å². The lowest BCUT2D eigenvalue weighted by molar-refractivity contribution is -0.140. The molecular weight excluding hydrogens is 647 g/mol. The summed E-state index contributed by atoms with van der Waals surface area (Å²) in [5, 5.41) is 6.74. The molecule has 3 aromatic rings. The highest BCUT2D eigenvalue weighted by Crippen LogP contribution is 2.27. The van der Waals surface area contributed by atoms with Crippen molar-refractivity contribution < 1.29 is 37.8 Å². The summed E-state index contributed by atoms with van der Waals surface area (Å²) in [5.74, 6) is -2.51. The third-order valence-electron chi connectivity index (χ3n) is 8.95. The summed E-state index contributed by atoms with van der Waals surface area (Å²) in [5.41, 5.74) is 1.17. The SMILES string of the molecule is CN1CC(=O)N2C[C@@H](NC(=O)OC(C)(C)C)C[C@H]2COc2ccc(F)cc2C(=O)N(C)[C@H](C(=O)NCCc2c[nH]c3ccccc23)CCC1=O. The Kier molecular flexibility index (Phi) is 11.0. The molecule has 3 atom stereocenters. The zero-order valence-electron chi connectivity index (χ0n) is 29.1. The lowest BCUT2D eigenvalue weighted by Crippen LogP contribution is -2.49.